The number of carbonyl (C=O) groups is 1. The second-order valence-corrected chi connectivity index (χ2v) is 6.94. The number of hydrogen-bond acceptors (Lipinski definition) is 5. The van der Waals surface area contributed by atoms with Crippen molar-refractivity contribution in [3.05, 3.63) is 48.0 Å². The largest absolute Gasteiger partial charge is 0.494 e. The lowest BCUT2D eigenvalue weighted by Gasteiger charge is -2.19. The van der Waals surface area contributed by atoms with Gasteiger partial charge in [-0.25, -0.2) is 0 Å². The number of fused-ring (bicyclic) bond motifs is 1. The third-order valence-corrected chi connectivity index (χ3v) is 4.92. The van der Waals surface area contributed by atoms with E-state index in [2.05, 4.69) is 5.32 Å². The summed E-state index contributed by atoms with van der Waals surface area (Å²) in [6.07, 6.45) is 0. The van der Waals surface area contributed by atoms with E-state index in [1.807, 2.05) is 56.3 Å². The van der Waals surface area contributed by atoms with Crippen molar-refractivity contribution in [3.63, 3.8) is 0 Å². The smallest absolute Gasteiger partial charge is 0.230 e. The maximum Gasteiger partial charge on any atom is 0.230 e. The molecule has 1 amide bonds. The molecule has 0 aromatic heterocycles. The van der Waals surface area contributed by atoms with Crippen LogP contribution in [0.3, 0.4) is 0 Å². The SMILES string of the molecule is CCOc1cccc(C(C)NC(=O)CSc2ccc3c(c2)OCCO3)c1. The third-order valence-electron chi connectivity index (χ3n) is 3.93. The summed E-state index contributed by atoms with van der Waals surface area (Å²) in [4.78, 5) is 13.3. The summed E-state index contributed by atoms with van der Waals surface area (Å²) >= 11 is 1.48. The molecule has 1 heterocycles. The minimum absolute atomic E-state index is 0.0146. The normalized spacial score (nSPS) is 13.8. The molecule has 3 rings (SSSR count). The van der Waals surface area contributed by atoms with Crippen LogP contribution in [0.15, 0.2) is 47.4 Å². The molecule has 1 atom stereocenters. The van der Waals surface area contributed by atoms with E-state index in [0.29, 0.717) is 25.6 Å². The Hall–Kier alpha value is -2.34. The highest BCUT2D eigenvalue weighted by Gasteiger charge is 2.14. The summed E-state index contributed by atoms with van der Waals surface area (Å²) in [7, 11) is 0. The maximum atomic E-state index is 12.3. The molecule has 0 aliphatic carbocycles. The molecule has 0 saturated carbocycles. The molecule has 0 radical (unpaired) electrons. The van der Waals surface area contributed by atoms with Crippen molar-refractivity contribution in [3.8, 4) is 17.2 Å². The Kier molecular flexibility index (Phi) is 6.28. The topological polar surface area (TPSA) is 56.8 Å². The van der Waals surface area contributed by atoms with Gasteiger partial charge in [0.1, 0.15) is 19.0 Å². The fraction of sp³-hybridized carbons (Fsp3) is 0.350. The van der Waals surface area contributed by atoms with Gasteiger partial charge in [-0.1, -0.05) is 12.1 Å². The van der Waals surface area contributed by atoms with Gasteiger partial charge in [-0.3, -0.25) is 4.79 Å². The first-order chi connectivity index (χ1) is 12.7. The predicted octanol–water partition coefficient (Wildman–Crippen LogP) is 3.83. The highest BCUT2D eigenvalue weighted by Crippen LogP contribution is 2.34. The minimum Gasteiger partial charge on any atom is -0.494 e. The van der Waals surface area contributed by atoms with Crippen LogP contribution in [-0.4, -0.2) is 31.5 Å². The van der Waals surface area contributed by atoms with Crippen LogP contribution in [0.5, 0.6) is 17.2 Å². The second kappa shape index (κ2) is 8.85. The van der Waals surface area contributed by atoms with Crippen LogP contribution in [0.2, 0.25) is 0 Å². The Balaban J connectivity index is 1.53. The molecule has 1 aliphatic rings. The lowest BCUT2D eigenvalue weighted by atomic mass is 10.1. The minimum atomic E-state index is -0.0798. The highest BCUT2D eigenvalue weighted by molar-refractivity contribution is 8.00. The number of carbonyl (C=O) groups excluding carboxylic acids is 1. The van der Waals surface area contributed by atoms with Crippen LogP contribution in [0, 0.1) is 0 Å². The number of nitrogens with one attached hydrogen (secondary N) is 1. The van der Waals surface area contributed by atoms with Crippen molar-refractivity contribution in [2.24, 2.45) is 0 Å². The Labute approximate surface area is 158 Å². The standard InChI is InChI=1S/C20H23NO4S/c1-3-23-16-6-4-5-15(11-16)14(2)21-20(22)13-26-17-7-8-18-19(12-17)25-10-9-24-18/h4-8,11-12,14H,3,9-10,13H2,1-2H3,(H,21,22). The van der Waals surface area contributed by atoms with Crippen LogP contribution in [0.4, 0.5) is 0 Å². The summed E-state index contributed by atoms with van der Waals surface area (Å²) in [6.45, 7) is 5.67. The highest BCUT2D eigenvalue weighted by atomic mass is 32.2. The van der Waals surface area contributed by atoms with E-state index in [9.17, 15) is 4.79 Å². The summed E-state index contributed by atoms with van der Waals surface area (Å²) in [5.41, 5.74) is 1.02. The van der Waals surface area contributed by atoms with E-state index >= 15 is 0 Å². The average Bonchev–Trinajstić information content (AvgIpc) is 2.66. The number of hydrogen-bond donors (Lipinski definition) is 1. The molecule has 0 bridgehead atoms. The monoisotopic (exact) mass is 373 g/mol. The lowest BCUT2D eigenvalue weighted by Crippen LogP contribution is -2.28. The van der Waals surface area contributed by atoms with Crippen LogP contribution < -0.4 is 19.5 Å². The fourth-order valence-corrected chi connectivity index (χ4v) is 3.40. The third kappa shape index (κ3) is 4.85. The first-order valence-electron chi connectivity index (χ1n) is 8.70. The summed E-state index contributed by atoms with van der Waals surface area (Å²) in [6, 6.07) is 13.5. The molecule has 0 spiro atoms. The van der Waals surface area contributed by atoms with Gasteiger partial charge in [0.15, 0.2) is 11.5 Å². The number of amides is 1. The Morgan fingerprint density at radius 2 is 2.00 bits per heavy atom. The zero-order valence-corrected chi connectivity index (χ0v) is 15.8. The van der Waals surface area contributed by atoms with Crippen LogP contribution in [0.1, 0.15) is 25.5 Å². The number of thioether (sulfide) groups is 1. The molecule has 5 nitrogen and oxygen atoms in total. The fourth-order valence-electron chi connectivity index (χ4n) is 2.67. The van der Waals surface area contributed by atoms with Crippen molar-refractivity contribution in [2.45, 2.75) is 24.8 Å². The van der Waals surface area contributed by atoms with E-state index in [1.54, 1.807) is 0 Å². The molecular weight excluding hydrogens is 350 g/mol. The van der Waals surface area contributed by atoms with Crippen molar-refractivity contribution < 1.29 is 19.0 Å². The molecule has 1 aliphatic heterocycles. The van der Waals surface area contributed by atoms with E-state index in [-0.39, 0.29) is 11.9 Å². The van der Waals surface area contributed by atoms with Gasteiger partial charge in [-0.2, -0.15) is 0 Å². The van der Waals surface area contributed by atoms with Crippen molar-refractivity contribution in [1.82, 2.24) is 5.32 Å². The van der Waals surface area contributed by atoms with Gasteiger partial charge in [0, 0.05) is 4.90 Å². The van der Waals surface area contributed by atoms with Crippen molar-refractivity contribution in [1.29, 1.82) is 0 Å². The summed E-state index contributed by atoms with van der Waals surface area (Å²) in [5.74, 6) is 2.64. The van der Waals surface area contributed by atoms with Crippen LogP contribution in [-0.2, 0) is 4.79 Å². The van der Waals surface area contributed by atoms with Gasteiger partial charge in [0.2, 0.25) is 5.91 Å². The van der Waals surface area contributed by atoms with Gasteiger partial charge in [-0.15, -0.1) is 11.8 Å². The molecule has 0 fully saturated rings. The molecule has 138 valence electrons. The van der Waals surface area contributed by atoms with Crippen LogP contribution in [0.25, 0.3) is 0 Å². The lowest BCUT2D eigenvalue weighted by molar-refractivity contribution is -0.119. The second-order valence-electron chi connectivity index (χ2n) is 5.89. The van der Waals surface area contributed by atoms with Crippen molar-refractivity contribution >= 4 is 17.7 Å². The zero-order valence-electron chi connectivity index (χ0n) is 15.0. The number of benzene rings is 2. The van der Waals surface area contributed by atoms with E-state index in [4.69, 9.17) is 14.2 Å². The first-order valence-corrected chi connectivity index (χ1v) is 9.69. The van der Waals surface area contributed by atoms with E-state index < -0.39 is 0 Å². The molecule has 2 aromatic rings. The Morgan fingerprint density at radius 1 is 1.19 bits per heavy atom. The quantitative estimate of drug-likeness (QED) is 0.748. The number of ether oxygens (including phenoxy) is 3. The van der Waals surface area contributed by atoms with Gasteiger partial charge in [0.25, 0.3) is 0 Å². The molecule has 0 saturated heterocycles. The summed E-state index contributed by atoms with van der Waals surface area (Å²) < 4.78 is 16.6. The first kappa shape index (κ1) is 18.5. The van der Waals surface area contributed by atoms with Gasteiger partial charge in [0.05, 0.1) is 18.4 Å². The molecule has 1 unspecified atom stereocenters. The number of rotatable bonds is 7. The zero-order chi connectivity index (χ0) is 18.4. The molecule has 26 heavy (non-hydrogen) atoms. The van der Waals surface area contributed by atoms with Gasteiger partial charge >= 0.3 is 0 Å². The van der Waals surface area contributed by atoms with Crippen LogP contribution >= 0.6 is 11.8 Å². The van der Waals surface area contributed by atoms with Gasteiger partial charge in [-0.05, 0) is 49.7 Å². The Morgan fingerprint density at radius 3 is 2.81 bits per heavy atom. The maximum absolute atomic E-state index is 12.3. The molecule has 6 heteroatoms. The van der Waals surface area contributed by atoms with Gasteiger partial charge < -0.3 is 19.5 Å². The Bertz CT molecular complexity index is 765. The predicted molar refractivity (Wildman–Crippen MR) is 102 cm³/mol. The average molecular weight is 373 g/mol. The van der Waals surface area contributed by atoms with E-state index in [0.717, 1.165) is 27.7 Å². The molecular formula is C20H23NO4S. The molecule has 1 N–H and O–H groups in total. The molecule has 2 aromatic carbocycles. The summed E-state index contributed by atoms with van der Waals surface area (Å²) in [5, 5.41) is 3.03. The van der Waals surface area contributed by atoms with Crippen molar-refractivity contribution in [2.75, 3.05) is 25.6 Å². The van der Waals surface area contributed by atoms with E-state index in [1.165, 1.54) is 11.8 Å².